The van der Waals surface area contributed by atoms with E-state index in [1.807, 2.05) is 29.2 Å². The second-order valence-electron chi connectivity index (χ2n) is 5.04. The van der Waals surface area contributed by atoms with Crippen LogP contribution in [-0.2, 0) is 11.3 Å². The molecule has 120 valence electrons. The van der Waals surface area contributed by atoms with Gasteiger partial charge in [-0.1, -0.05) is 19.1 Å². The van der Waals surface area contributed by atoms with Crippen molar-refractivity contribution in [1.82, 2.24) is 4.90 Å². The molecule has 0 unspecified atom stereocenters. The van der Waals surface area contributed by atoms with Gasteiger partial charge in [0.25, 0.3) is 0 Å². The summed E-state index contributed by atoms with van der Waals surface area (Å²) in [5, 5.41) is 18.9. The average molecular weight is 297 g/mol. The van der Waals surface area contributed by atoms with Crippen LogP contribution in [0.15, 0.2) is 24.3 Å². The number of rotatable bonds is 11. The normalized spacial score (nSPS) is 12.6. The van der Waals surface area contributed by atoms with Crippen LogP contribution < -0.4 is 4.74 Å². The molecule has 0 saturated heterocycles. The van der Waals surface area contributed by atoms with Crippen molar-refractivity contribution in [3.63, 3.8) is 0 Å². The van der Waals surface area contributed by atoms with E-state index in [4.69, 9.17) is 14.6 Å². The lowest BCUT2D eigenvalue weighted by Gasteiger charge is -2.23. The number of hydrogen-bond acceptors (Lipinski definition) is 5. The maximum atomic E-state index is 9.96. The van der Waals surface area contributed by atoms with Crippen LogP contribution in [0, 0.1) is 0 Å². The van der Waals surface area contributed by atoms with E-state index >= 15 is 0 Å². The molecule has 1 rings (SSSR count). The summed E-state index contributed by atoms with van der Waals surface area (Å²) in [5.74, 6) is 0.818. The highest BCUT2D eigenvalue weighted by molar-refractivity contribution is 5.26. The van der Waals surface area contributed by atoms with Crippen LogP contribution in [0.25, 0.3) is 0 Å². The van der Waals surface area contributed by atoms with Crippen molar-refractivity contribution in [3.05, 3.63) is 29.8 Å². The number of methoxy groups -OCH3 is 1. The molecular weight excluding hydrogens is 270 g/mol. The van der Waals surface area contributed by atoms with Crippen LogP contribution in [-0.4, -0.2) is 61.2 Å². The first-order valence-electron chi connectivity index (χ1n) is 7.41. The Labute approximate surface area is 127 Å². The number of ether oxygens (including phenoxy) is 2. The quantitative estimate of drug-likeness (QED) is 0.644. The molecule has 2 N–H and O–H groups in total. The van der Waals surface area contributed by atoms with Gasteiger partial charge in [-0.3, -0.25) is 4.90 Å². The molecule has 1 atom stereocenters. The highest BCUT2D eigenvalue weighted by atomic mass is 16.5. The summed E-state index contributed by atoms with van der Waals surface area (Å²) in [6.07, 6.45) is 0.459. The van der Waals surface area contributed by atoms with Crippen LogP contribution in [0.2, 0.25) is 0 Å². The summed E-state index contributed by atoms with van der Waals surface area (Å²) in [4.78, 5) is 2.04. The fourth-order valence-electron chi connectivity index (χ4n) is 2.14. The summed E-state index contributed by atoms with van der Waals surface area (Å²) >= 11 is 0. The van der Waals surface area contributed by atoms with E-state index in [0.29, 0.717) is 19.7 Å². The Hall–Kier alpha value is -1.14. The Balaban J connectivity index is 2.26. The number of hydrogen-bond donors (Lipinski definition) is 2. The zero-order valence-corrected chi connectivity index (χ0v) is 13.0. The smallest absolute Gasteiger partial charge is 0.118 e. The minimum absolute atomic E-state index is 0.111. The van der Waals surface area contributed by atoms with E-state index in [-0.39, 0.29) is 13.2 Å². The molecular formula is C16H27NO4. The molecule has 0 aliphatic rings. The van der Waals surface area contributed by atoms with Gasteiger partial charge in [-0.2, -0.15) is 0 Å². The minimum atomic E-state index is -0.540. The number of aliphatic hydroxyl groups excluding tert-OH is 2. The van der Waals surface area contributed by atoms with Crippen LogP contribution in [0.4, 0.5) is 0 Å². The Morgan fingerprint density at radius 1 is 1.19 bits per heavy atom. The maximum Gasteiger partial charge on any atom is 0.118 e. The lowest BCUT2D eigenvalue weighted by atomic mass is 10.2. The maximum absolute atomic E-state index is 9.96. The second-order valence-corrected chi connectivity index (χ2v) is 5.04. The van der Waals surface area contributed by atoms with Crippen molar-refractivity contribution in [2.24, 2.45) is 0 Å². The highest BCUT2D eigenvalue weighted by Crippen LogP contribution is 2.12. The summed E-state index contributed by atoms with van der Waals surface area (Å²) in [6.45, 7) is 4.93. The third-order valence-electron chi connectivity index (χ3n) is 3.16. The largest absolute Gasteiger partial charge is 0.497 e. The van der Waals surface area contributed by atoms with Crippen molar-refractivity contribution in [3.8, 4) is 5.75 Å². The molecule has 0 aliphatic heterocycles. The topological polar surface area (TPSA) is 62.2 Å². The number of nitrogens with zero attached hydrogens (tertiary/aromatic N) is 1. The average Bonchev–Trinajstić information content (AvgIpc) is 2.48. The van der Waals surface area contributed by atoms with E-state index in [9.17, 15) is 5.11 Å². The lowest BCUT2D eigenvalue weighted by molar-refractivity contribution is 0.00766. The Morgan fingerprint density at radius 2 is 1.90 bits per heavy atom. The van der Waals surface area contributed by atoms with Gasteiger partial charge < -0.3 is 19.7 Å². The molecule has 0 amide bonds. The third-order valence-corrected chi connectivity index (χ3v) is 3.16. The lowest BCUT2D eigenvalue weighted by Crippen LogP contribution is -2.37. The van der Waals surface area contributed by atoms with E-state index in [0.717, 1.165) is 24.3 Å². The third kappa shape index (κ3) is 7.43. The first-order valence-corrected chi connectivity index (χ1v) is 7.41. The predicted octanol–water partition coefficient (Wildman–Crippen LogP) is 1.28. The zero-order chi connectivity index (χ0) is 15.5. The number of benzene rings is 1. The van der Waals surface area contributed by atoms with Crippen molar-refractivity contribution in [1.29, 1.82) is 0 Å². The predicted molar refractivity (Wildman–Crippen MR) is 82.5 cm³/mol. The SMILES string of the molecule is CCCN(CCO)C[C@H](O)COCc1ccc(OC)cc1. The van der Waals surface area contributed by atoms with E-state index in [2.05, 4.69) is 6.92 Å². The van der Waals surface area contributed by atoms with Crippen LogP contribution in [0.3, 0.4) is 0 Å². The fraction of sp³-hybridized carbons (Fsp3) is 0.625. The summed E-state index contributed by atoms with van der Waals surface area (Å²) < 4.78 is 10.6. The molecule has 1 aromatic rings. The summed E-state index contributed by atoms with van der Waals surface area (Å²) in [5.41, 5.74) is 1.05. The molecule has 0 heterocycles. The van der Waals surface area contributed by atoms with Gasteiger partial charge in [0.05, 0.1) is 33.0 Å². The number of aliphatic hydroxyl groups is 2. The van der Waals surface area contributed by atoms with Gasteiger partial charge in [-0.25, -0.2) is 0 Å². The molecule has 0 saturated carbocycles. The van der Waals surface area contributed by atoms with Gasteiger partial charge in [-0.05, 0) is 30.7 Å². The zero-order valence-electron chi connectivity index (χ0n) is 13.0. The van der Waals surface area contributed by atoms with Crippen molar-refractivity contribution in [2.75, 3.05) is 40.0 Å². The van der Waals surface area contributed by atoms with Crippen molar-refractivity contribution >= 4 is 0 Å². The van der Waals surface area contributed by atoms with Crippen LogP contribution >= 0.6 is 0 Å². The first kappa shape index (κ1) is 17.9. The molecule has 0 fully saturated rings. The summed E-state index contributed by atoms with van der Waals surface area (Å²) in [7, 11) is 1.64. The molecule has 1 aromatic carbocycles. The summed E-state index contributed by atoms with van der Waals surface area (Å²) in [6, 6.07) is 7.67. The van der Waals surface area contributed by atoms with E-state index in [1.165, 1.54) is 0 Å². The molecule has 21 heavy (non-hydrogen) atoms. The van der Waals surface area contributed by atoms with Crippen molar-refractivity contribution < 1.29 is 19.7 Å². The molecule has 0 aromatic heterocycles. The first-order chi connectivity index (χ1) is 10.2. The Morgan fingerprint density at radius 3 is 2.48 bits per heavy atom. The second kappa shape index (κ2) is 10.6. The monoisotopic (exact) mass is 297 g/mol. The molecule has 5 heteroatoms. The van der Waals surface area contributed by atoms with Gasteiger partial charge in [0, 0.05) is 13.1 Å². The Kier molecular flexibility index (Phi) is 9.01. The van der Waals surface area contributed by atoms with Crippen LogP contribution in [0.5, 0.6) is 5.75 Å². The molecule has 0 aliphatic carbocycles. The van der Waals surface area contributed by atoms with E-state index in [1.54, 1.807) is 7.11 Å². The van der Waals surface area contributed by atoms with Gasteiger partial charge >= 0.3 is 0 Å². The van der Waals surface area contributed by atoms with Crippen molar-refractivity contribution in [2.45, 2.75) is 26.1 Å². The molecule has 0 bridgehead atoms. The van der Waals surface area contributed by atoms with Gasteiger partial charge in [0.2, 0.25) is 0 Å². The van der Waals surface area contributed by atoms with E-state index < -0.39 is 6.10 Å². The van der Waals surface area contributed by atoms with Gasteiger partial charge in [0.15, 0.2) is 0 Å². The van der Waals surface area contributed by atoms with Gasteiger partial charge in [0.1, 0.15) is 5.75 Å². The molecule has 0 radical (unpaired) electrons. The fourth-order valence-corrected chi connectivity index (χ4v) is 2.14. The van der Waals surface area contributed by atoms with Gasteiger partial charge in [-0.15, -0.1) is 0 Å². The molecule has 0 spiro atoms. The minimum Gasteiger partial charge on any atom is -0.497 e. The highest BCUT2D eigenvalue weighted by Gasteiger charge is 2.11. The standard InChI is InChI=1S/C16H27NO4/c1-3-8-17(9-10-18)11-15(19)13-21-12-14-4-6-16(20-2)7-5-14/h4-7,15,18-19H,3,8-13H2,1-2H3/t15-/m0/s1. The van der Waals surface area contributed by atoms with Crippen LogP contribution in [0.1, 0.15) is 18.9 Å². The molecule has 5 nitrogen and oxygen atoms in total. The Bertz CT molecular complexity index is 363.